The molecule has 1 amide bonds. The molecule has 3 aromatic rings. The highest BCUT2D eigenvalue weighted by Crippen LogP contribution is 2.32. The molecule has 8 heteroatoms. The van der Waals surface area contributed by atoms with E-state index in [0.29, 0.717) is 5.92 Å². The van der Waals surface area contributed by atoms with Crippen LogP contribution in [0.15, 0.2) is 30.7 Å². The Morgan fingerprint density at radius 1 is 1.03 bits per heavy atom. The van der Waals surface area contributed by atoms with Crippen LogP contribution in [0, 0.1) is 6.92 Å². The number of likely N-dealkylation sites (tertiary alicyclic amines) is 1. The number of hydrogen-bond donors (Lipinski definition) is 0. The number of carbonyl (C=O) groups excluding carboxylic acids is 1. The molecular weight excluding hydrogens is 408 g/mol. The molecule has 31 heavy (non-hydrogen) atoms. The number of fused-ring (bicyclic) bond motifs is 1. The van der Waals surface area contributed by atoms with Crippen LogP contribution in [0.1, 0.15) is 39.0 Å². The highest BCUT2D eigenvalue weighted by Gasteiger charge is 2.27. The molecule has 0 aliphatic carbocycles. The number of pyridine rings is 1. The number of nitrogens with zero attached hydrogens (tertiary/aromatic N) is 6. The Balaban J connectivity index is 1.31. The van der Waals surface area contributed by atoms with Gasteiger partial charge in [0.2, 0.25) is 0 Å². The van der Waals surface area contributed by atoms with Crippen LogP contribution in [-0.2, 0) is 0 Å². The zero-order valence-corrected chi connectivity index (χ0v) is 18.9. The van der Waals surface area contributed by atoms with Crippen LogP contribution in [0.3, 0.4) is 0 Å². The summed E-state index contributed by atoms with van der Waals surface area (Å²) in [6.45, 7) is 7.70. The standard InChI is InChI=1S/C23H28N6OS/c1-16-3-4-20(31-16)23(30)29-7-5-17(6-8-29)21-22-19(25-15-26-21)13-18(14-24-22)28-11-9-27(2)10-12-28/h3-4,13-15,17H,5-12H2,1-2H3. The molecule has 7 nitrogen and oxygen atoms in total. The van der Waals surface area contributed by atoms with Crippen molar-refractivity contribution in [2.24, 2.45) is 0 Å². The van der Waals surface area contributed by atoms with Crippen molar-refractivity contribution in [3.05, 3.63) is 46.2 Å². The number of piperazine rings is 1. The number of aromatic nitrogens is 3. The van der Waals surface area contributed by atoms with Crippen LogP contribution in [0.2, 0.25) is 0 Å². The molecular formula is C23H28N6OS. The molecule has 3 aromatic heterocycles. The van der Waals surface area contributed by atoms with Crippen LogP contribution in [0.4, 0.5) is 5.69 Å². The second-order valence-corrected chi connectivity index (χ2v) is 9.88. The maximum atomic E-state index is 12.8. The second kappa shape index (κ2) is 8.51. The summed E-state index contributed by atoms with van der Waals surface area (Å²) >= 11 is 1.57. The molecule has 5 heterocycles. The summed E-state index contributed by atoms with van der Waals surface area (Å²) in [4.78, 5) is 35.4. The average Bonchev–Trinajstić information content (AvgIpc) is 3.25. The predicted octanol–water partition coefficient (Wildman–Crippen LogP) is 3.17. The zero-order chi connectivity index (χ0) is 21.4. The quantitative estimate of drug-likeness (QED) is 0.628. The van der Waals surface area contributed by atoms with Gasteiger partial charge in [-0.25, -0.2) is 9.97 Å². The zero-order valence-electron chi connectivity index (χ0n) is 18.1. The van der Waals surface area contributed by atoms with E-state index in [9.17, 15) is 4.79 Å². The Morgan fingerprint density at radius 3 is 2.52 bits per heavy atom. The lowest BCUT2D eigenvalue weighted by atomic mass is 9.92. The minimum absolute atomic E-state index is 0.152. The van der Waals surface area contributed by atoms with Crippen LogP contribution in [-0.4, -0.2) is 77.0 Å². The lowest BCUT2D eigenvalue weighted by molar-refractivity contribution is 0.0717. The molecule has 0 aromatic carbocycles. The van der Waals surface area contributed by atoms with Gasteiger partial charge in [0.05, 0.1) is 28.0 Å². The lowest BCUT2D eigenvalue weighted by Gasteiger charge is -2.34. The first-order chi connectivity index (χ1) is 15.1. The molecule has 2 saturated heterocycles. The monoisotopic (exact) mass is 436 g/mol. The lowest BCUT2D eigenvalue weighted by Crippen LogP contribution is -2.44. The Kier molecular flexibility index (Phi) is 5.58. The van der Waals surface area contributed by atoms with E-state index in [-0.39, 0.29) is 5.91 Å². The largest absolute Gasteiger partial charge is 0.368 e. The first-order valence-electron chi connectivity index (χ1n) is 11.0. The summed E-state index contributed by atoms with van der Waals surface area (Å²) in [5.41, 5.74) is 3.97. The number of aryl methyl sites for hydroxylation is 1. The molecule has 0 unspecified atom stereocenters. The average molecular weight is 437 g/mol. The third-order valence-electron chi connectivity index (χ3n) is 6.48. The molecule has 2 fully saturated rings. The summed E-state index contributed by atoms with van der Waals surface area (Å²) < 4.78 is 0. The fraction of sp³-hybridized carbons (Fsp3) is 0.478. The van der Waals surface area contributed by atoms with Gasteiger partial charge in [-0.05, 0) is 45.0 Å². The van der Waals surface area contributed by atoms with E-state index in [1.807, 2.05) is 30.2 Å². The number of anilines is 1. The molecule has 162 valence electrons. The number of thiophene rings is 1. The van der Waals surface area contributed by atoms with Crippen LogP contribution in [0.5, 0.6) is 0 Å². The van der Waals surface area contributed by atoms with E-state index in [1.54, 1.807) is 17.7 Å². The summed E-state index contributed by atoms with van der Waals surface area (Å²) in [6, 6.07) is 6.10. The first kappa shape index (κ1) is 20.3. The maximum absolute atomic E-state index is 12.8. The number of hydrogen-bond acceptors (Lipinski definition) is 7. The van der Waals surface area contributed by atoms with Crippen molar-refractivity contribution in [3.63, 3.8) is 0 Å². The highest BCUT2D eigenvalue weighted by molar-refractivity contribution is 7.13. The van der Waals surface area contributed by atoms with Gasteiger partial charge in [0.25, 0.3) is 5.91 Å². The number of amides is 1. The summed E-state index contributed by atoms with van der Waals surface area (Å²) in [6.07, 6.45) is 5.45. The molecule has 2 aliphatic rings. The predicted molar refractivity (Wildman–Crippen MR) is 124 cm³/mol. The van der Waals surface area contributed by atoms with E-state index in [2.05, 4.69) is 32.9 Å². The fourth-order valence-corrected chi connectivity index (χ4v) is 5.39. The fourth-order valence-electron chi connectivity index (χ4n) is 4.55. The van der Waals surface area contributed by atoms with Crippen molar-refractivity contribution in [2.45, 2.75) is 25.7 Å². The molecule has 0 spiro atoms. The van der Waals surface area contributed by atoms with Crippen molar-refractivity contribution in [1.82, 2.24) is 24.8 Å². The molecule has 2 aliphatic heterocycles. The summed E-state index contributed by atoms with van der Waals surface area (Å²) in [5, 5.41) is 0. The topological polar surface area (TPSA) is 65.5 Å². The third kappa shape index (κ3) is 4.14. The van der Waals surface area contributed by atoms with Crippen LogP contribution < -0.4 is 4.90 Å². The Labute approximate surface area is 186 Å². The van der Waals surface area contributed by atoms with Crippen molar-refractivity contribution < 1.29 is 4.79 Å². The van der Waals surface area contributed by atoms with Gasteiger partial charge < -0.3 is 14.7 Å². The van der Waals surface area contributed by atoms with E-state index in [0.717, 1.165) is 79.4 Å². The van der Waals surface area contributed by atoms with E-state index in [4.69, 9.17) is 4.98 Å². The SMILES string of the molecule is Cc1ccc(C(=O)N2CCC(c3ncnc4cc(N5CCN(C)CC5)cnc34)CC2)s1. The first-order valence-corrected chi connectivity index (χ1v) is 11.8. The van der Waals surface area contributed by atoms with Crippen LogP contribution in [0.25, 0.3) is 11.0 Å². The Bertz CT molecular complexity index is 1080. The van der Waals surface area contributed by atoms with Crippen LogP contribution >= 0.6 is 11.3 Å². The van der Waals surface area contributed by atoms with Gasteiger partial charge in [0, 0.05) is 50.1 Å². The molecule has 0 atom stereocenters. The minimum Gasteiger partial charge on any atom is -0.368 e. The Hall–Kier alpha value is -2.58. The number of piperidine rings is 1. The summed E-state index contributed by atoms with van der Waals surface area (Å²) in [7, 11) is 2.16. The third-order valence-corrected chi connectivity index (χ3v) is 7.47. The molecule has 0 saturated carbocycles. The normalized spacial score (nSPS) is 18.6. The molecule has 5 rings (SSSR count). The minimum atomic E-state index is 0.152. The van der Waals surface area contributed by atoms with E-state index < -0.39 is 0 Å². The van der Waals surface area contributed by atoms with Crippen molar-refractivity contribution >= 4 is 34.0 Å². The summed E-state index contributed by atoms with van der Waals surface area (Å²) in [5.74, 6) is 0.459. The number of rotatable bonds is 3. The van der Waals surface area contributed by atoms with Gasteiger partial charge in [-0.2, -0.15) is 0 Å². The number of carbonyl (C=O) groups is 1. The van der Waals surface area contributed by atoms with Gasteiger partial charge in [0.1, 0.15) is 11.8 Å². The van der Waals surface area contributed by atoms with E-state index >= 15 is 0 Å². The van der Waals surface area contributed by atoms with Gasteiger partial charge in [-0.3, -0.25) is 9.78 Å². The van der Waals surface area contributed by atoms with Crippen molar-refractivity contribution in [3.8, 4) is 0 Å². The second-order valence-electron chi connectivity index (χ2n) is 8.59. The van der Waals surface area contributed by atoms with Gasteiger partial charge >= 0.3 is 0 Å². The highest BCUT2D eigenvalue weighted by atomic mass is 32.1. The van der Waals surface area contributed by atoms with Gasteiger partial charge in [-0.15, -0.1) is 11.3 Å². The van der Waals surface area contributed by atoms with E-state index in [1.165, 1.54) is 4.88 Å². The Morgan fingerprint density at radius 2 is 1.81 bits per heavy atom. The molecule has 0 bridgehead atoms. The molecule has 0 N–H and O–H groups in total. The van der Waals surface area contributed by atoms with Gasteiger partial charge in [0.15, 0.2) is 0 Å². The van der Waals surface area contributed by atoms with Crippen molar-refractivity contribution in [1.29, 1.82) is 0 Å². The van der Waals surface area contributed by atoms with Crippen molar-refractivity contribution in [2.75, 3.05) is 51.2 Å². The maximum Gasteiger partial charge on any atom is 0.263 e. The smallest absolute Gasteiger partial charge is 0.263 e. The molecule has 0 radical (unpaired) electrons. The van der Waals surface area contributed by atoms with Gasteiger partial charge in [-0.1, -0.05) is 0 Å². The number of likely N-dealkylation sites (N-methyl/N-ethyl adjacent to an activating group) is 1.